The fourth-order valence-electron chi connectivity index (χ4n) is 0.832. The first-order valence-electron chi connectivity index (χ1n) is 3.22. The zero-order valence-electron chi connectivity index (χ0n) is 6.61. The van der Waals surface area contributed by atoms with Gasteiger partial charge in [-0.2, -0.15) is 10.5 Å². The molecule has 0 aromatic heterocycles. The van der Waals surface area contributed by atoms with Crippen molar-refractivity contribution in [3.63, 3.8) is 0 Å². The van der Waals surface area contributed by atoms with Gasteiger partial charge in [-0.3, -0.25) is 5.84 Å². The van der Waals surface area contributed by atoms with Gasteiger partial charge in [-0.15, -0.1) is 12.4 Å². The van der Waals surface area contributed by atoms with Crippen LogP contribution in [0, 0.1) is 22.7 Å². The summed E-state index contributed by atoms with van der Waals surface area (Å²) < 4.78 is 0. The second-order valence-corrected chi connectivity index (χ2v) is 2.13. The van der Waals surface area contributed by atoms with E-state index in [9.17, 15) is 0 Å². The Morgan fingerprint density at radius 3 is 2.38 bits per heavy atom. The number of nitrogens with zero attached hydrogens (tertiary/aromatic N) is 2. The fourth-order valence-corrected chi connectivity index (χ4v) is 0.832. The predicted octanol–water partition coefficient (Wildman–Crippen LogP) is 1.14. The largest absolute Gasteiger partial charge is 0.323 e. The van der Waals surface area contributed by atoms with Crippen LogP contribution in [0.5, 0.6) is 0 Å². The smallest absolute Gasteiger partial charge is 0.101 e. The van der Waals surface area contributed by atoms with Crippen molar-refractivity contribution in [1.29, 1.82) is 10.5 Å². The Morgan fingerprint density at radius 2 is 1.92 bits per heavy atom. The van der Waals surface area contributed by atoms with Crippen LogP contribution in [-0.2, 0) is 0 Å². The van der Waals surface area contributed by atoms with E-state index < -0.39 is 0 Å². The minimum absolute atomic E-state index is 0. The molecule has 0 heterocycles. The Morgan fingerprint density at radius 1 is 1.23 bits per heavy atom. The average molecular weight is 195 g/mol. The second kappa shape index (κ2) is 5.00. The van der Waals surface area contributed by atoms with Gasteiger partial charge in [0.1, 0.15) is 6.07 Å². The molecule has 3 N–H and O–H groups in total. The van der Waals surface area contributed by atoms with Gasteiger partial charge in [0, 0.05) is 0 Å². The summed E-state index contributed by atoms with van der Waals surface area (Å²) in [5.41, 5.74) is 3.71. The van der Waals surface area contributed by atoms with E-state index in [1.807, 2.05) is 12.1 Å². The van der Waals surface area contributed by atoms with Crippen LogP contribution in [-0.4, -0.2) is 0 Å². The first-order chi connectivity index (χ1) is 5.81. The first-order valence-corrected chi connectivity index (χ1v) is 3.22. The van der Waals surface area contributed by atoms with E-state index in [1.54, 1.807) is 12.1 Å². The number of hydrogen-bond donors (Lipinski definition) is 2. The number of halogens is 1. The second-order valence-electron chi connectivity index (χ2n) is 2.13. The van der Waals surface area contributed by atoms with Gasteiger partial charge in [0.2, 0.25) is 0 Å². The lowest BCUT2D eigenvalue weighted by molar-refractivity contribution is 1.33. The van der Waals surface area contributed by atoms with Crippen LogP contribution in [0.25, 0.3) is 0 Å². The predicted molar refractivity (Wildman–Crippen MR) is 50.9 cm³/mol. The highest BCUT2D eigenvalue weighted by Crippen LogP contribution is 2.14. The third-order valence-electron chi connectivity index (χ3n) is 1.42. The lowest BCUT2D eigenvalue weighted by atomic mass is 10.1. The van der Waals surface area contributed by atoms with Gasteiger partial charge in [-0.05, 0) is 18.2 Å². The number of benzene rings is 1. The van der Waals surface area contributed by atoms with Crippen molar-refractivity contribution in [1.82, 2.24) is 0 Å². The highest BCUT2D eigenvalue weighted by Gasteiger charge is 2.00. The molecular weight excluding hydrogens is 188 g/mol. The van der Waals surface area contributed by atoms with E-state index in [4.69, 9.17) is 16.4 Å². The summed E-state index contributed by atoms with van der Waals surface area (Å²) >= 11 is 0. The summed E-state index contributed by atoms with van der Waals surface area (Å²) in [7, 11) is 0. The molecule has 0 aliphatic rings. The molecule has 0 saturated heterocycles. The molecule has 5 heteroatoms. The highest BCUT2D eigenvalue weighted by atomic mass is 35.5. The van der Waals surface area contributed by atoms with E-state index >= 15 is 0 Å². The maximum Gasteiger partial charge on any atom is 0.101 e. The number of nitrogens with two attached hydrogens (primary N) is 1. The number of nitriles is 2. The van der Waals surface area contributed by atoms with Gasteiger partial charge in [-0.25, -0.2) is 0 Å². The molecule has 0 spiro atoms. The van der Waals surface area contributed by atoms with E-state index in [1.165, 1.54) is 6.07 Å². The lowest BCUT2D eigenvalue weighted by Gasteiger charge is -2.00. The molecule has 1 aromatic rings. The van der Waals surface area contributed by atoms with Crippen LogP contribution in [0.1, 0.15) is 11.1 Å². The number of rotatable bonds is 1. The van der Waals surface area contributed by atoms with E-state index in [0.29, 0.717) is 16.8 Å². The van der Waals surface area contributed by atoms with Crippen LogP contribution in [0.15, 0.2) is 18.2 Å². The molecule has 66 valence electrons. The van der Waals surface area contributed by atoms with Crippen molar-refractivity contribution < 1.29 is 0 Å². The maximum atomic E-state index is 8.61. The minimum Gasteiger partial charge on any atom is -0.323 e. The van der Waals surface area contributed by atoms with Gasteiger partial charge < -0.3 is 5.43 Å². The molecule has 0 radical (unpaired) electrons. The van der Waals surface area contributed by atoms with Crippen LogP contribution < -0.4 is 11.3 Å². The fraction of sp³-hybridized carbons (Fsp3) is 0. The van der Waals surface area contributed by atoms with Crippen molar-refractivity contribution in [3.8, 4) is 12.1 Å². The molecule has 13 heavy (non-hydrogen) atoms. The number of nitrogens with one attached hydrogen (secondary N) is 1. The molecule has 1 aromatic carbocycles. The zero-order valence-corrected chi connectivity index (χ0v) is 7.43. The van der Waals surface area contributed by atoms with E-state index in [-0.39, 0.29) is 12.4 Å². The standard InChI is InChI=1S/C8H6N4.ClH/c9-4-6-1-2-8(12-11)7(3-6)5-10;/h1-3,12H,11H2;1H. The average Bonchev–Trinajstić information content (AvgIpc) is 2.16. The molecule has 0 bridgehead atoms. The normalized spacial score (nSPS) is 7.62. The quantitative estimate of drug-likeness (QED) is 0.519. The number of hydrazine groups is 1. The molecule has 1 rings (SSSR count). The molecule has 0 aliphatic heterocycles. The molecule has 0 saturated carbocycles. The highest BCUT2D eigenvalue weighted by molar-refractivity contribution is 5.85. The summed E-state index contributed by atoms with van der Waals surface area (Å²) in [6, 6.07) is 8.53. The van der Waals surface area contributed by atoms with Crippen LogP contribution in [0.2, 0.25) is 0 Å². The molecule has 0 aliphatic carbocycles. The Kier molecular flexibility index (Phi) is 4.32. The monoisotopic (exact) mass is 194 g/mol. The van der Waals surface area contributed by atoms with Gasteiger partial charge in [-0.1, -0.05) is 0 Å². The number of nitrogen functional groups attached to an aromatic ring is 1. The van der Waals surface area contributed by atoms with Crippen molar-refractivity contribution in [2.45, 2.75) is 0 Å². The summed E-state index contributed by atoms with van der Waals surface area (Å²) in [6.45, 7) is 0. The Labute approximate surface area is 82.0 Å². The molecule has 0 amide bonds. The van der Waals surface area contributed by atoms with Crippen LogP contribution in [0.3, 0.4) is 0 Å². The maximum absolute atomic E-state index is 8.61. The molecular formula is C8H7ClN4. The topological polar surface area (TPSA) is 85.6 Å². The summed E-state index contributed by atoms with van der Waals surface area (Å²) in [6.07, 6.45) is 0. The SMILES string of the molecule is Cl.N#Cc1ccc(NN)c(C#N)c1. The van der Waals surface area contributed by atoms with Crippen molar-refractivity contribution >= 4 is 18.1 Å². The third-order valence-corrected chi connectivity index (χ3v) is 1.42. The minimum atomic E-state index is 0. The zero-order chi connectivity index (χ0) is 8.97. The van der Waals surface area contributed by atoms with E-state index in [2.05, 4.69) is 5.43 Å². The molecule has 0 unspecified atom stereocenters. The van der Waals surface area contributed by atoms with Crippen LogP contribution in [0.4, 0.5) is 5.69 Å². The first kappa shape index (κ1) is 11.2. The lowest BCUT2D eigenvalue weighted by Crippen LogP contribution is -2.08. The van der Waals surface area contributed by atoms with Crippen LogP contribution >= 0.6 is 12.4 Å². The summed E-state index contributed by atoms with van der Waals surface area (Å²) in [5, 5.41) is 17.1. The van der Waals surface area contributed by atoms with Gasteiger partial charge in [0.25, 0.3) is 0 Å². The van der Waals surface area contributed by atoms with Crippen molar-refractivity contribution in [2.24, 2.45) is 5.84 Å². The summed E-state index contributed by atoms with van der Waals surface area (Å²) in [4.78, 5) is 0. The van der Waals surface area contributed by atoms with Gasteiger partial charge in [0.05, 0.1) is 22.9 Å². The number of hydrogen-bond acceptors (Lipinski definition) is 4. The molecule has 4 nitrogen and oxygen atoms in total. The van der Waals surface area contributed by atoms with E-state index in [0.717, 1.165) is 0 Å². The summed E-state index contributed by atoms with van der Waals surface area (Å²) in [5.74, 6) is 5.13. The van der Waals surface area contributed by atoms with Gasteiger partial charge >= 0.3 is 0 Å². The third kappa shape index (κ3) is 2.34. The Balaban J connectivity index is 0.00000144. The Hall–Kier alpha value is -1.75. The van der Waals surface area contributed by atoms with Crippen molar-refractivity contribution in [3.05, 3.63) is 29.3 Å². The molecule has 0 atom stereocenters. The molecule has 0 fully saturated rings. The Bertz CT molecular complexity index is 375. The number of anilines is 1. The van der Waals surface area contributed by atoms with Gasteiger partial charge in [0.15, 0.2) is 0 Å². The van der Waals surface area contributed by atoms with Crippen molar-refractivity contribution in [2.75, 3.05) is 5.43 Å².